The van der Waals surface area contributed by atoms with Crippen molar-refractivity contribution in [3.8, 4) is 0 Å². The van der Waals surface area contributed by atoms with Gasteiger partial charge in [0.05, 0.1) is 11.4 Å². The Morgan fingerprint density at radius 2 is 1.71 bits per heavy atom. The summed E-state index contributed by atoms with van der Waals surface area (Å²) in [5.41, 5.74) is 4.13. The predicted molar refractivity (Wildman–Crippen MR) is 109 cm³/mol. The lowest BCUT2D eigenvalue weighted by Crippen LogP contribution is -2.40. The predicted octanol–water partition coefficient (Wildman–Crippen LogP) is 1.75. The second kappa shape index (κ2) is 8.02. The minimum Gasteiger partial charge on any atom is -0.347 e. The number of benzene rings is 2. The highest BCUT2D eigenvalue weighted by Crippen LogP contribution is 2.29. The quantitative estimate of drug-likeness (QED) is 0.746. The average Bonchev–Trinajstić information content (AvgIpc) is 3.05. The number of amides is 2. The number of sulfonamides is 1. The Hall–Kier alpha value is -2.87. The van der Waals surface area contributed by atoms with Crippen molar-refractivity contribution in [1.82, 2.24) is 5.32 Å². The molecule has 2 aromatic rings. The molecular formula is C20H23N3O4S. The fourth-order valence-corrected chi connectivity index (χ4v) is 4.74. The third kappa shape index (κ3) is 4.51. The van der Waals surface area contributed by atoms with Gasteiger partial charge in [-0.1, -0.05) is 24.3 Å². The van der Waals surface area contributed by atoms with Crippen LogP contribution in [0.5, 0.6) is 0 Å². The molecule has 2 aromatic carbocycles. The fourth-order valence-electron chi connectivity index (χ4n) is 3.32. The molecule has 7 nitrogen and oxygen atoms in total. The molecule has 0 saturated carbocycles. The standard InChI is InChI=1S/C20H23N3O4S/c1-14-11-15(2)13-17(12-14)22-20(25)19(24)21-8-10-28(26,27)23-9-7-16-5-3-4-6-18(16)23/h3-6,11-13H,7-10H2,1-2H3,(H,21,24)(H,22,25). The first-order chi connectivity index (χ1) is 13.3. The molecule has 0 atom stereocenters. The van der Waals surface area contributed by atoms with Crippen LogP contribution >= 0.6 is 0 Å². The fraction of sp³-hybridized carbons (Fsp3) is 0.300. The highest BCUT2D eigenvalue weighted by atomic mass is 32.2. The summed E-state index contributed by atoms with van der Waals surface area (Å²) in [5, 5.41) is 4.91. The number of aryl methyl sites for hydroxylation is 2. The van der Waals surface area contributed by atoms with Gasteiger partial charge in [0.2, 0.25) is 10.0 Å². The number of carbonyl (C=O) groups excluding carboxylic acids is 2. The van der Waals surface area contributed by atoms with E-state index in [0.29, 0.717) is 24.3 Å². The topological polar surface area (TPSA) is 95.6 Å². The Bertz CT molecular complexity index is 998. The van der Waals surface area contributed by atoms with E-state index in [4.69, 9.17) is 0 Å². The highest BCUT2D eigenvalue weighted by molar-refractivity contribution is 7.92. The first-order valence-corrected chi connectivity index (χ1v) is 10.6. The van der Waals surface area contributed by atoms with E-state index in [2.05, 4.69) is 10.6 Å². The van der Waals surface area contributed by atoms with Crippen molar-refractivity contribution in [2.45, 2.75) is 20.3 Å². The van der Waals surface area contributed by atoms with Crippen LogP contribution in [0, 0.1) is 13.8 Å². The number of hydrogen-bond donors (Lipinski definition) is 2. The zero-order valence-electron chi connectivity index (χ0n) is 15.9. The second-order valence-corrected chi connectivity index (χ2v) is 8.87. The molecule has 8 heteroatoms. The van der Waals surface area contributed by atoms with Gasteiger partial charge in [-0.05, 0) is 55.2 Å². The van der Waals surface area contributed by atoms with Crippen LogP contribution in [-0.2, 0) is 26.0 Å². The van der Waals surface area contributed by atoms with Gasteiger partial charge in [0.15, 0.2) is 0 Å². The van der Waals surface area contributed by atoms with Gasteiger partial charge in [0.1, 0.15) is 0 Å². The third-order valence-electron chi connectivity index (χ3n) is 4.51. The van der Waals surface area contributed by atoms with Gasteiger partial charge in [-0.2, -0.15) is 0 Å². The van der Waals surface area contributed by atoms with Gasteiger partial charge in [-0.15, -0.1) is 0 Å². The van der Waals surface area contributed by atoms with Gasteiger partial charge in [-0.25, -0.2) is 8.42 Å². The zero-order chi connectivity index (χ0) is 20.3. The van der Waals surface area contributed by atoms with E-state index in [1.165, 1.54) is 4.31 Å². The van der Waals surface area contributed by atoms with Gasteiger partial charge < -0.3 is 10.6 Å². The van der Waals surface area contributed by atoms with E-state index in [0.717, 1.165) is 16.7 Å². The van der Waals surface area contributed by atoms with Crippen LogP contribution in [0.1, 0.15) is 16.7 Å². The lowest BCUT2D eigenvalue weighted by atomic mass is 10.1. The lowest BCUT2D eigenvalue weighted by molar-refractivity contribution is -0.136. The van der Waals surface area contributed by atoms with Crippen molar-refractivity contribution in [3.05, 3.63) is 59.2 Å². The van der Waals surface area contributed by atoms with E-state index in [-0.39, 0.29) is 12.3 Å². The maximum absolute atomic E-state index is 12.6. The van der Waals surface area contributed by atoms with E-state index >= 15 is 0 Å². The number of rotatable bonds is 5. The smallest absolute Gasteiger partial charge is 0.313 e. The van der Waals surface area contributed by atoms with Crippen LogP contribution in [-0.4, -0.2) is 39.1 Å². The molecule has 1 heterocycles. The van der Waals surface area contributed by atoms with Crippen LogP contribution in [0.4, 0.5) is 11.4 Å². The molecule has 1 aliphatic heterocycles. The Morgan fingerprint density at radius 1 is 1.04 bits per heavy atom. The number of para-hydroxylation sites is 1. The largest absolute Gasteiger partial charge is 0.347 e. The molecule has 1 aliphatic rings. The molecule has 2 N–H and O–H groups in total. The molecule has 0 fully saturated rings. The number of fused-ring (bicyclic) bond motifs is 1. The van der Waals surface area contributed by atoms with Crippen molar-refractivity contribution in [2.24, 2.45) is 0 Å². The van der Waals surface area contributed by atoms with Crippen LogP contribution in [0.15, 0.2) is 42.5 Å². The van der Waals surface area contributed by atoms with E-state index < -0.39 is 21.8 Å². The number of hydrogen-bond acceptors (Lipinski definition) is 4. The number of nitrogens with zero attached hydrogens (tertiary/aromatic N) is 1. The minimum atomic E-state index is -3.58. The summed E-state index contributed by atoms with van der Waals surface area (Å²) < 4.78 is 26.5. The van der Waals surface area contributed by atoms with E-state index in [1.807, 2.05) is 32.0 Å². The van der Waals surface area contributed by atoms with Crippen molar-refractivity contribution < 1.29 is 18.0 Å². The molecule has 2 amide bonds. The van der Waals surface area contributed by atoms with E-state index in [9.17, 15) is 18.0 Å². The number of carbonyl (C=O) groups is 2. The Morgan fingerprint density at radius 3 is 2.43 bits per heavy atom. The van der Waals surface area contributed by atoms with Crippen LogP contribution in [0.3, 0.4) is 0 Å². The second-order valence-electron chi connectivity index (χ2n) is 6.85. The monoisotopic (exact) mass is 401 g/mol. The maximum atomic E-state index is 12.6. The normalized spacial score (nSPS) is 13.1. The highest BCUT2D eigenvalue weighted by Gasteiger charge is 2.29. The Balaban J connectivity index is 1.54. The molecule has 0 saturated heterocycles. The summed E-state index contributed by atoms with van der Waals surface area (Å²) in [7, 11) is -3.58. The molecule has 0 aromatic heterocycles. The van der Waals surface area contributed by atoms with Gasteiger partial charge >= 0.3 is 11.8 Å². The SMILES string of the molecule is Cc1cc(C)cc(NC(=O)C(=O)NCCS(=O)(=O)N2CCc3ccccc32)c1. The van der Waals surface area contributed by atoms with Gasteiger partial charge in [0.25, 0.3) is 0 Å². The molecule has 148 valence electrons. The van der Waals surface area contributed by atoms with Gasteiger partial charge in [-0.3, -0.25) is 13.9 Å². The zero-order valence-corrected chi connectivity index (χ0v) is 16.7. The summed E-state index contributed by atoms with van der Waals surface area (Å²) in [6.07, 6.45) is 0.667. The first-order valence-electron chi connectivity index (χ1n) is 9.02. The molecule has 0 unspecified atom stereocenters. The summed E-state index contributed by atoms with van der Waals surface area (Å²) in [4.78, 5) is 24.0. The van der Waals surface area contributed by atoms with Crippen molar-refractivity contribution in [1.29, 1.82) is 0 Å². The van der Waals surface area contributed by atoms with E-state index in [1.54, 1.807) is 24.3 Å². The van der Waals surface area contributed by atoms with Crippen molar-refractivity contribution in [3.63, 3.8) is 0 Å². The minimum absolute atomic E-state index is 0.139. The van der Waals surface area contributed by atoms with Crippen molar-refractivity contribution in [2.75, 3.05) is 28.5 Å². The van der Waals surface area contributed by atoms with Crippen molar-refractivity contribution >= 4 is 33.2 Å². The summed E-state index contributed by atoms with van der Waals surface area (Å²) in [5.74, 6) is -1.96. The summed E-state index contributed by atoms with van der Waals surface area (Å²) >= 11 is 0. The molecule has 0 radical (unpaired) electrons. The molecule has 3 rings (SSSR count). The molecule has 0 bridgehead atoms. The Kier molecular flexibility index (Phi) is 5.69. The first kappa shape index (κ1) is 19.9. The van der Waals surface area contributed by atoms with Crippen LogP contribution < -0.4 is 14.9 Å². The summed E-state index contributed by atoms with van der Waals surface area (Å²) in [6, 6.07) is 12.8. The molecule has 0 spiro atoms. The Labute approximate surface area is 164 Å². The molecular weight excluding hydrogens is 378 g/mol. The van der Waals surface area contributed by atoms with Crippen LogP contribution in [0.25, 0.3) is 0 Å². The van der Waals surface area contributed by atoms with Crippen LogP contribution in [0.2, 0.25) is 0 Å². The average molecular weight is 401 g/mol. The number of anilines is 2. The number of nitrogens with one attached hydrogen (secondary N) is 2. The lowest BCUT2D eigenvalue weighted by Gasteiger charge is -2.19. The summed E-state index contributed by atoms with van der Waals surface area (Å²) in [6.45, 7) is 4.04. The molecule has 0 aliphatic carbocycles. The molecule has 28 heavy (non-hydrogen) atoms. The maximum Gasteiger partial charge on any atom is 0.313 e. The third-order valence-corrected chi connectivity index (χ3v) is 6.28. The van der Waals surface area contributed by atoms with Gasteiger partial charge in [0, 0.05) is 18.8 Å².